The second-order valence-corrected chi connectivity index (χ2v) is 13.3. The maximum Gasteiger partial charge on any atom is 0.519 e. The van der Waals surface area contributed by atoms with E-state index in [9.17, 15) is 24.0 Å². The molecule has 3 N–H and O–H groups in total. The molecule has 2 aromatic heterocycles. The summed E-state index contributed by atoms with van der Waals surface area (Å²) >= 11 is 4.12. The second-order valence-electron chi connectivity index (χ2n) is 9.75. The van der Waals surface area contributed by atoms with Crippen molar-refractivity contribution >= 4 is 58.6 Å². The van der Waals surface area contributed by atoms with Gasteiger partial charge >= 0.3 is 17.8 Å². The van der Waals surface area contributed by atoms with Crippen LogP contribution in [0.5, 0.6) is 0 Å². The normalized spacial score (nSPS) is 19.1. The molecular formula is C27H27N5O9S3. The van der Waals surface area contributed by atoms with E-state index in [0.29, 0.717) is 27.0 Å². The summed E-state index contributed by atoms with van der Waals surface area (Å²) in [6.45, 7) is 4.37. The van der Waals surface area contributed by atoms with Gasteiger partial charge in [-0.15, -0.1) is 22.0 Å². The van der Waals surface area contributed by atoms with Crippen molar-refractivity contribution in [3.8, 4) is 0 Å². The van der Waals surface area contributed by atoms with E-state index in [1.54, 1.807) is 30.3 Å². The average molecular weight is 662 g/mol. The predicted octanol–water partition coefficient (Wildman–Crippen LogP) is 1.82. The van der Waals surface area contributed by atoms with Crippen LogP contribution in [0.15, 0.2) is 59.6 Å². The summed E-state index contributed by atoms with van der Waals surface area (Å²) in [4.78, 5) is 65.3. The largest absolute Gasteiger partial charge is 0.519 e. The van der Waals surface area contributed by atoms with E-state index >= 15 is 0 Å². The molecule has 1 aromatic carbocycles. The molecule has 17 heteroatoms. The van der Waals surface area contributed by atoms with Crippen LogP contribution in [0.1, 0.15) is 35.1 Å². The number of nitrogens with two attached hydrogens (primary N) is 1. The van der Waals surface area contributed by atoms with Crippen LogP contribution >= 0.6 is 34.9 Å². The van der Waals surface area contributed by atoms with Crippen LogP contribution in [-0.2, 0) is 35.3 Å². The number of carbonyl (C=O) groups is 4. The first-order chi connectivity index (χ1) is 21.0. The molecule has 5 rings (SSSR count). The first-order valence-corrected chi connectivity index (χ1v) is 16.1. The molecule has 3 aromatic rings. The summed E-state index contributed by atoms with van der Waals surface area (Å²) in [6, 6.07) is 6.37. The molecule has 0 saturated carbocycles. The maximum atomic E-state index is 13.5. The molecule has 2 amide bonds. The highest BCUT2D eigenvalue weighted by Gasteiger charge is 2.55. The summed E-state index contributed by atoms with van der Waals surface area (Å²) in [5.41, 5.74) is 6.69. The summed E-state index contributed by atoms with van der Waals surface area (Å²) < 4.78 is 21.3. The molecular weight excluding hydrogens is 635 g/mol. The third-order valence-corrected chi connectivity index (χ3v) is 9.93. The minimum absolute atomic E-state index is 0.0319. The molecule has 1 fully saturated rings. The van der Waals surface area contributed by atoms with Gasteiger partial charge in [0.05, 0.1) is 0 Å². The van der Waals surface area contributed by atoms with E-state index in [2.05, 4.69) is 15.5 Å². The van der Waals surface area contributed by atoms with E-state index < -0.39 is 53.1 Å². The lowest BCUT2D eigenvalue weighted by molar-refractivity contribution is -0.160. The lowest BCUT2D eigenvalue weighted by Gasteiger charge is -2.49. The minimum Gasteiger partial charge on any atom is -0.453 e. The van der Waals surface area contributed by atoms with Crippen molar-refractivity contribution in [3.63, 3.8) is 0 Å². The molecule has 1 saturated heterocycles. The van der Waals surface area contributed by atoms with Crippen molar-refractivity contribution in [2.45, 2.75) is 55.3 Å². The molecule has 4 atom stereocenters. The number of rotatable bonds is 11. The predicted molar refractivity (Wildman–Crippen MR) is 158 cm³/mol. The molecule has 0 radical (unpaired) electrons. The number of aromatic nitrogens is 2. The van der Waals surface area contributed by atoms with Crippen molar-refractivity contribution in [2.75, 3.05) is 11.5 Å². The molecule has 232 valence electrons. The summed E-state index contributed by atoms with van der Waals surface area (Å²) in [5.74, 6) is -2.91. The highest BCUT2D eigenvalue weighted by atomic mass is 32.2. The number of β-lactam (4-membered cyclic amide) rings is 1. The zero-order chi connectivity index (χ0) is 31.5. The Morgan fingerprint density at radius 2 is 1.93 bits per heavy atom. The third-order valence-electron chi connectivity index (χ3n) is 6.53. The maximum absolute atomic E-state index is 13.5. The first kappa shape index (κ1) is 31.5. The SMILES string of the molecule is Cc1nnc(SCC2=C(C(=O)OCc3oc(=O)oc3C)N3C(=O)[C@H](NC(=O)[C@H](OC(=O)[C@H](C)N)c4ccccc4)[C@H]3SC2)s1. The van der Waals surface area contributed by atoms with Gasteiger partial charge in [0.2, 0.25) is 6.10 Å². The van der Waals surface area contributed by atoms with Crippen LogP contribution in [0.3, 0.4) is 0 Å². The van der Waals surface area contributed by atoms with Crippen LogP contribution in [-0.4, -0.2) is 67.8 Å². The van der Waals surface area contributed by atoms with E-state index in [1.165, 1.54) is 53.6 Å². The molecule has 0 aliphatic carbocycles. The average Bonchev–Trinajstić information content (AvgIpc) is 3.58. The Morgan fingerprint density at radius 1 is 1.18 bits per heavy atom. The van der Waals surface area contributed by atoms with E-state index in [4.69, 9.17) is 24.0 Å². The fourth-order valence-electron chi connectivity index (χ4n) is 4.33. The van der Waals surface area contributed by atoms with Gasteiger partial charge < -0.3 is 29.4 Å². The first-order valence-electron chi connectivity index (χ1n) is 13.2. The molecule has 2 aliphatic heterocycles. The molecule has 2 aliphatic rings. The van der Waals surface area contributed by atoms with Crippen molar-refractivity contribution in [1.29, 1.82) is 0 Å². The Bertz CT molecular complexity index is 1670. The Labute approximate surface area is 262 Å². The zero-order valence-electron chi connectivity index (χ0n) is 23.6. The Balaban J connectivity index is 1.35. The Kier molecular flexibility index (Phi) is 9.57. The number of hydrogen-bond acceptors (Lipinski definition) is 15. The number of amides is 2. The van der Waals surface area contributed by atoms with Gasteiger partial charge in [0.15, 0.2) is 22.5 Å². The standard InChI is InChI=1S/C27H27N5O9S3/c1-12(28)24(35)41-20(15-7-5-4-6-8-15)21(33)29-18-22(34)32-19(25(36)38-9-17-13(2)39-27(37)40-17)16(10-42-23(18)32)11-43-26-31-30-14(3)44-26/h4-8,12,18,20,23H,9-11,28H2,1-3H3,(H,29,33)/t12-,18-,20+,23+/m0/s1. The second kappa shape index (κ2) is 13.4. The van der Waals surface area contributed by atoms with Crippen LogP contribution in [0, 0.1) is 13.8 Å². The number of aryl methyl sites for hydroxylation is 2. The van der Waals surface area contributed by atoms with E-state index in [-0.39, 0.29) is 23.8 Å². The summed E-state index contributed by atoms with van der Waals surface area (Å²) in [7, 11) is 0. The van der Waals surface area contributed by atoms with Crippen LogP contribution < -0.4 is 16.9 Å². The smallest absolute Gasteiger partial charge is 0.453 e. The van der Waals surface area contributed by atoms with Gasteiger partial charge in [-0.1, -0.05) is 53.4 Å². The molecule has 4 heterocycles. The van der Waals surface area contributed by atoms with Gasteiger partial charge in [-0.3, -0.25) is 19.3 Å². The molecule has 0 spiro atoms. The quantitative estimate of drug-likeness (QED) is 0.171. The molecule has 44 heavy (non-hydrogen) atoms. The van der Waals surface area contributed by atoms with Crippen LogP contribution in [0.25, 0.3) is 0 Å². The van der Waals surface area contributed by atoms with E-state index in [1.807, 2.05) is 6.92 Å². The zero-order valence-corrected chi connectivity index (χ0v) is 26.1. The number of thioether (sulfide) groups is 2. The molecule has 14 nitrogen and oxygen atoms in total. The summed E-state index contributed by atoms with van der Waals surface area (Å²) in [6.07, 6.45) is -1.35. The fraction of sp³-hybridized carbons (Fsp3) is 0.370. The number of carbonyl (C=O) groups excluding carboxylic acids is 4. The highest BCUT2D eigenvalue weighted by molar-refractivity contribution is 8.01. The molecule has 0 unspecified atom stereocenters. The monoisotopic (exact) mass is 661 g/mol. The number of hydrogen-bond donors (Lipinski definition) is 2. The Hall–Kier alpha value is -3.93. The lowest BCUT2D eigenvalue weighted by atomic mass is 10.0. The van der Waals surface area contributed by atoms with E-state index in [0.717, 1.165) is 5.01 Å². The number of esters is 2. The Morgan fingerprint density at radius 3 is 2.57 bits per heavy atom. The number of fused-ring (bicyclic) bond motifs is 1. The highest BCUT2D eigenvalue weighted by Crippen LogP contribution is 2.42. The van der Waals surface area contributed by atoms with Gasteiger partial charge in [-0.25, -0.2) is 9.59 Å². The van der Waals surface area contributed by atoms with Crippen molar-refractivity contribution in [1.82, 2.24) is 20.4 Å². The van der Waals surface area contributed by atoms with Crippen LogP contribution in [0.2, 0.25) is 0 Å². The van der Waals surface area contributed by atoms with Crippen molar-refractivity contribution < 1.29 is 37.5 Å². The minimum atomic E-state index is -1.35. The fourth-order valence-corrected chi connectivity index (χ4v) is 7.63. The molecule has 0 bridgehead atoms. The number of nitrogens with zero attached hydrogens (tertiary/aromatic N) is 3. The van der Waals surface area contributed by atoms with Crippen LogP contribution in [0.4, 0.5) is 0 Å². The van der Waals surface area contributed by atoms with Crippen molar-refractivity contribution in [3.05, 3.63) is 74.3 Å². The van der Waals surface area contributed by atoms with Crippen molar-refractivity contribution in [2.24, 2.45) is 5.73 Å². The van der Waals surface area contributed by atoms with Gasteiger partial charge in [0, 0.05) is 17.1 Å². The number of benzene rings is 1. The number of nitrogens with one attached hydrogen (secondary N) is 1. The summed E-state index contributed by atoms with van der Waals surface area (Å²) in [5, 5.41) is 10.9. The number of ether oxygens (including phenoxy) is 2. The van der Waals surface area contributed by atoms with Gasteiger partial charge in [-0.05, 0) is 26.3 Å². The topological polar surface area (TPSA) is 197 Å². The van der Waals surface area contributed by atoms with Gasteiger partial charge in [-0.2, -0.15) is 0 Å². The lowest BCUT2D eigenvalue weighted by Crippen LogP contribution is -2.71. The third kappa shape index (κ3) is 6.74. The van der Waals surface area contributed by atoms with Gasteiger partial charge in [0.1, 0.15) is 28.2 Å². The van der Waals surface area contributed by atoms with Gasteiger partial charge in [0.25, 0.3) is 11.8 Å².